The summed E-state index contributed by atoms with van der Waals surface area (Å²) in [5.74, 6) is 0. The van der Waals surface area contributed by atoms with Gasteiger partial charge in [-0.05, 0) is 26.0 Å². The maximum Gasteiger partial charge on any atom is 0.0599 e. The van der Waals surface area contributed by atoms with E-state index in [1.54, 1.807) is 6.92 Å². The molecule has 1 N–H and O–H groups in total. The summed E-state index contributed by atoms with van der Waals surface area (Å²) in [4.78, 5) is 4.30. The largest absolute Gasteiger partial charge is 0.411 e. The van der Waals surface area contributed by atoms with Gasteiger partial charge in [0.05, 0.1) is 5.71 Å². The van der Waals surface area contributed by atoms with Crippen molar-refractivity contribution in [1.82, 2.24) is 4.98 Å². The first-order valence-electron chi connectivity index (χ1n) is 3.92. The number of hydrogen-bond acceptors (Lipinski definition) is 3. The SMILES string of the molecule is C/C(Cc1cc(Br)cc(C)n1)=N/O. The number of aryl methyl sites for hydroxylation is 1. The lowest BCUT2D eigenvalue weighted by Gasteiger charge is -2.01. The maximum atomic E-state index is 8.48. The molecule has 1 aromatic heterocycles. The van der Waals surface area contributed by atoms with Crippen LogP contribution in [-0.4, -0.2) is 15.9 Å². The van der Waals surface area contributed by atoms with Crippen molar-refractivity contribution in [2.45, 2.75) is 20.3 Å². The Morgan fingerprint density at radius 2 is 2.31 bits per heavy atom. The molecule has 1 aromatic rings. The van der Waals surface area contributed by atoms with Crippen molar-refractivity contribution in [2.24, 2.45) is 5.16 Å². The number of pyridine rings is 1. The van der Waals surface area contributed by atoms with Gasteiger partial charge in [0.15, 0.2) is 0 Å². The molecule has 0 fully saturated rings. The smallest absolute Gasteiger partial charge is 0.0599 e. The van der Waals surface area contributed by atoms with Gasteiger partial charge in [-0.25, -0.2) is 0 Å². The Kier molecular flexibility index (Phi) is 3.42. The van der Waals surface area contributed by atoms with Gasteiger partial charge in [-0.15, -0.1) is 0 Å². The van der Waals surface area contributed by atoms with E-state index in [-0.39, 0.29) is 0 Å². The third-order valence-corrected chi connectivity index (χ3v) is 2.04. The normalized spacial score (nSPS) is 11.8. The van der Waals surface area contributed by atoms with Gasteiger partial charge >= 0.3 is 0 Å². The van der Waals surface area contributed by atoms with Crippen LogP contribution in [0.4, 0.5) is 0 Å². The highest BCUT2D eigenvalue weighted by molar-refractivity contribution is 9.10. The van der Waals surface area contributed by atoms with Gasteiger partial charge in [-0.1, -0.05) is 21.1 Å². The second-order valence-corrected chi connectivity index (χ2v) is 3.85. The van der Waals surface area contributed by atoms with Crippen molar-refractivity contribution < 1.29 is 5.21 Å². The van der Waals surface area contributed by atoms with E-state index < -0.39 is 0 Å². The molecule has 1 heterocycles. The molecule has 0 aliphatic rings. The molecule has 0 bridgehead atoms. The second kappa shape index (κ2) is 4.37. The van der Waals surface area contributed by atoms with Crippen LogP contribution < -0.4 is 0 Å². The minimum atomic E-state index is 0.580. The Bertz CT molecular complexity index is 316. The Labute approximate surface area is 85.6 Å². The van der Waals surface area contributed by atoms with Crippen LogP contribution in [0.2, 0.25) is 0 Å². The predicted octanol–water partition coefficient (Wildman–Crippen LogP) is 2.55. The van der Waals surface area contributed by atoms with Crippen LogP contribution in [0.25, 0.3) is 0 Å². The lowest BCUT2D eigenvalue weighted by atomic mass is 10.2. The van der Waals surface area contributed by atoms with E-state index >= 15 is 0 Å². The van der Waals surface area contributed by atoms with E-state index in [9.17, 15) is 0 Å². The van der Waals surface area contributed by atoms with E-state index in [4.69, 9.17) is 5.21 Å². The Hall–Kier alpha value is -0.900. The lowest BCUT2D eigenvalue weighted by molar-refractivity contribution is 0.317. The topological polar surface area (TPSA) is 45.5 Å². The summed E-state index contributed by atoms with van der Waals surface area (Å²) >= 11 is 3.38. The van der Waals surface area contributed by atoms with Crippen LogP contribution in [0.5, 0.6) is 0 Å². The van der Waals surface area contributed by atoms with Crippen molar-refractivity contribution in [1.29, 1.82) is 0 Å². The monoisotopic (exact) mass is 242 g/mol. The highest BCUT2D eigenvalue weighted by Crippen LogP contribution is 2.12. The van der Waals surface area contributed by atoms with Gasteiger partial charge in [0.25, 0.3) is 0 Å². The number of hydrogen-bond donors (Lipinski definition) is 1. The third-order valence-electron chi connectivity index (χ3n) is 1.58. The molecule has 0 amide bonds. The molecule has 0 aromatic carbocycles. The fourth-order valence-corrected chi connectivity index (χ4v) is 1.68. The molecule has 0 aliphatic heterocycles. The Balaban J connectivity index is 2.89. The van der Waals surface area contributed by atoms with Gasteiger partial charge in [0.2, 0.25) is 0 Å². The molecule has 13 heavy (non-hydrogen) atoms. The highest BCUT2D eigenvalue weighted by Gasteiger charge is 2.00. The van der Waals surface area contributed by atoms with Crippen LogP contribution in [0, 0.1) is 6.92 Å². The van der Waals surface area contributed by atoms with Crippen molar-refractivity contribution in [3.8, 4) is 0 Å². The third kappa shape index (κ3) is 3.14. The molecule has 70 valence electrons. The summed E-state index contributed by atoms with van der Waals surface area (Å²) in [6.07, 6.45) is 0.580. The molecule has 1 rings (SSSR count). The fourth-order valence-electron chi connectivity index (χ4n) is 1.08. The molecule has 4 heteroatoms. The summed E-state index contributed by atoms with van der Waals surface area (Å²) < 4.78 is 1.00. The first-order chi connectivity index (χ1) is 6.11. The van der Waals surface area contributed by atoms with E-state index in [1.165, 1.54) is 0 Å². The quantitative estimate of drug-likeness (QED) is 0.493. The molecular weight excluding hydrogens is 232 g/mol. The van der Waals surface area contributed by atoms with Crippen molar-refractivity contribution in [3.05, 3.63) is 28.0 Å². The predicted molar refractivity (Wildman–Crippen MR) is 55.3 cm³/mol. The van der Waals surface area contributed by atoms with E-state index in [2.05, 4.69) is 26.1 Å². The zero-order valence-electron chi connectivity index (χ0n) is 7.58. The zero-order valence-corrected chi connectivity index (χ0v) is 9.17. The molecule has 0 radical (unpaired) electrons. The molecule has 0 spiro atoms. The average Bonchev–Trinajstić information content (AvgIpc) is 2.02. The maximum absolute atomic E-state index is 8.48. The highest BCUT2D eigenvalue weighted by atomic mass is 79.9. The van der Waals surface area contributed by atoms with Gasteiger partial charge < -0.3 is 5.21 Å². The summed E-state index contributed by atoms with van der Waals surface area (Å²) in [5.41, 5.74) is 2.52. The summed E-state index contributed by atoms with van der Waals surface area (Å²) in [5, 5.41) is 11.6. The number of halogens is 1. The summed E-state index contributed by atoms with van der Waals surface area (Å²) in [7, 11) is 0. The number of oxime groups is 1. The van der Waals surface area contributed by atoms with Crippen molar-refractivity contribution >= 4 is 21.6 Å². The molecule has 0 saturated heterocycles. The first kappa shape index (κ1) is 10.2. The van der Waals surface area contributed by atoms with Crippen LogP contribution in [0.1, 0.15) is 18.3 Å². The van der Waals surface area contributed by atoms with E-state index in [0.717, 1.165) is 15.9 Å². The number of nitrogens with zero attached hydrogens (tertiary/aromatic N) is 2. The van der Waals surface area contributed by atoms with Gasteiger partial charge in [-0.2, -0.15) is 0 Å². The molecule has 0 atom stereocenters. The molecule has 0 aliphatic carbocycles. The second-order valence-electron chi connectivity index (χ2n) is 2.93. The van der Waals surface area contributed by atoms with Crippen LogP contribution in [0.3, 0.4) is 0 Å². The summed E-state index contributed by atoms with van der Waals surface area (Å²) in [6, 6.07) is 3.86. The number of aromatic nitrogens is 1. The average molecular weight is 243 g/mol. The molecular formula is C9H11BrN2O. The van der Waals surface area contributed by atoms with Crippen LogP contribution in [0.15, 0.2) is 21.8 Å². The molecule has 3 nitrogen and oxygen atoms in total. The lowest BCUT2D eigenvalue weighted by Crippen LogP contribution is -2.00. The van der Waals surface area contributed by atoms with Crippen LogP contribution >= 0.6 is 15.9 Å². The zero-order chi connectivity index (χ0) is 9.84. The molecule has 0 unspecified atom stereocenters. The van der Waals surface area contributed by atoms with Crippen molar-refractivity contribution in [3.63, 3.8) is 0 Å². The van der Waals surface area contributed by atoms with Gasteiger partial charge in [0, 0.05) is 22.3 Å². The van der Waals surface area contributed by atoms with Gasteiger partial charge in [-0.3, -0.25) is 4.98 Å². The van der Waals surface area contributed by atoms with Crippen LogP contribution in [-0.2, 0) is 6.42 Å². The Morgan fingerprint density at radius 1 is 1.62 bits per heavy atom. The minimum Gasteiger partial charge on any atom is -0.411 e. The summed E-state index contributed by atoms with van der Waals surface area (Å²) in [6.45, 7) is 3.69. The molecule has 0 saturated carbocycles. The van der Waals surface area contributed by atoms with E-state index in [0.29, 0.717) is 12.1 Å². The number of rotatable bonds is 2. The Morgan fingerprint density at radius 3 is 2.85 bits per heavy atom. The van der Waals surface area contributed by atoms with Crippen molar-refractivity contribution in [2.75, 3.05) is 0 Å². The van der Waals surface area contributed by atoms with Gasteiger partial charge in [0.1, 0.15) is 0 Å². The van der Waals surface area contributed by atoms with E-state index in [1.807, 2.05) is 19.1 Å². The first-order valence-corrected chi connectivity index (χ1v) is 4.71. The minimum absolute atomic E-state index is 0.580. The fraction of sp³-hybridized carbons (Fsp3) is 0.333. The standard InChI is InChI=1S/C9H11BrN2O/c1-6-3-8(10)5-9(11-6)4-7(2)12-13/h3,5,13H,4H2,1-2H3/b12-7-.